The predicted molar refractivity (Wildman–Crippen MR) is 245 cm³/mol. The molecule has 0 saturated heterocycles. The van der Waals surface area contributed by atoms with Crippen molar-refractivity contribution in [3.05, 3.63) is 221 Å². The molecule has 1 spiro atoms. The van der Waals surface area contributed by atoms with E-state index in [4.69, 9.17) is 4.42 Å². The molecule has 2 nitrogen and oxygen atoms in total. The van der Waals surface area contributed by atoms with Gasteiger partial charge in [-0.3, -0.25) is 0 Å². The fourth-order valence-electron chi connectivity index (χ4n) is 10.9. The highest BCUT2D eigenvalue weighted by molar-refractivity contribution is 7.99. The van der Waals surface area contributed by atoms with E-state index in [1.54, 1.807) is 0 Å². The van der Waals surface area contributed by atoms with E-state index >= 15 is 0 Å². The maximum atomic E-state index is 6.56. The Morgan fingerprint density at radius 3 is 1.78 bits per heavy atom. The molecule has 0 fully saturated rings. The Morgan fingerprint density at radius 1 is 0.407 bits per heavy atom. The first-order valence-corrected chi connectivity index (χ1v) is 21.3. The SMILES string of the molecule is CC1(C)c2ccccc2-c2ccc(N(c3ccc4c(c3)C3(c5ccccc5Sc5ccccc53)c3ccc5ccccc5c3-4)c3ccc4c(c3)oc3ccccc34)cc21. The van der Waals surface area contributed by atoms with Gasteiger partial charge in [-0.1, -0.05) is 153 Å². The summed E-state index contributed by atoms with van der Waals surface area (Å²) >= 11 is 1.89. The molecule has 10 aromatic rings. The highest BCUT2D eigenvalue weighted by atomic mass is 32.2. The first-order chi connectivity index (χ1) is 29.0. The summed E-state index contributed by atoms with van der Waals surface area (Å²) in [6.45, 7) is 4.73. The molecule has 3 aliphatic rings. The second-order valence-electron chi connectivity index (χ2n) is 16.8. The van der Waals surface area contributed by atoms with Crippen LogP contribution in [0.15, 0.2) is 202 Å². The van der Waals surface area contributed by atoms with E-state index in [1.807, 2.05) is 17.8 Å². The van der Waals surface area contributed by atoms with E-state index in [0.717, 1.165) is 39.0 Å². The predicted octanol–water partition coefficient (Wildman–Crippen LogP) is 15.3. The van der Waals surface area contributed by atoms with Gasteiger partial charge in [-0.25, -0.2) is 0 Å². The molecule has 13 rings (SSSR count). The van der Waals surface area contributed by atoms with Gasteiger partial charge in [0.25, 0.3) is 0 Å². The summed E-state index contributed by atoms with van der Waals surface area (Å²) in [5.74, 6) is 0. The van der Waals surface area contributed by atoms with Crippen molar-refractivity contribution < 1.29 is 4.42 Å². The van der Waals surface area contributed by atoms with E-state index in [1.165, 1.54) is 76.2 Å². The number of nitrogens with zero attached hydrogens (tertiary/aromatic N) is 1. The zero-order chi connectivity index (χ0) is 39.0. The Bertz CT molecular complexity index is 3380. The number of hydrogen-bond donors (Lipinski definition) is 0. The van der Waals surface area contributed by atoms with Crippen molar-refractivity contribution in [2.24, 2.45) is 0 Å². The number of furan rings is 1. The molecule has 59 heavy (non-hydrogen) atoms. The highest BCUT2D eigenvalue weighted by Crippen LogP contribution is 2.64. The lowest BCUT2D eigenvalue weighted by Crippen LogP contribution is -2.32. The van der Waals surface area contributed by atoms with Crippen LogP contribution >= 0.6 is 11.8 Å². The first kappa shape index (κ1) is 33.2. The van der Waals surface area contributed by atoms with Gasteiger partial charge >= 0.3 is 0 Å². The normalized spacial score (nSPS) is 14.8. The highest BCUT2D eigenvalue weighted by Gasteiger charge is 2.51. The third kappa shape index (κ3) is 4.38. The Kier molecular flexibility index (Phi) is 6.68. The number of anilines is 3. The average Bonchev–Trinajstić information content (AvgIpc) is 3.87. The van der Waals surface area contributed by atoms with Crippen LogP contribution in [0.5, 0.6) is 0 Å². The molecule has 0 bridgehead atoms. The Balaban J connectivity index is 1.11. The minimum atomic E-state index is -0.515. The van der Waals surface area contributed by atoms with Gasteiger partial charge in [0.15, 0.2) is 0 Å². The third-order valence-electron chi connectivity index (χ3n) is 13.5. The van der Waals surface area contributed by atoms with Crippen LogP contribution in [0.3, 0.4) is 0 Å². The van der Waals surface area contributed by atoms with E-state index in [9.17, 15) is 0 Å². The van der Waals surface area contributed by atoms with Crippen LogP contribution in [0.2, 0.25) is 0 Å². The molecule has 2 aliphatic carbocycles. The minimum absolute atomic E-state index is 0.145. The van der Waals surface area contributed by atoms with Crippen molar-refractivity contribution in [1.82, 2.24) is 0 Å². The molecule has 1 aliphatic heterocycles. The molecule has 0 saturated carbocycles. The average molecular weight is 772 g/mol. The molecular weight excluding hydrogens is 735 g/mol. The van der Waals surface area contributed by atoms with Crippen molar-refractivity contribution in [2.45, 2.75) is 34.5 Å². The molecule has 0 radical (unpaired) electrons. The van der Waals surface area contributed by atoms with Crippen LogP contribution in [0.4, 0.5) is 17.1 Å². The molecule has 0 N–H and O–H groups in total. The van der Waals surface area contributed by atoms with Crippen molar-refractivity contribution in [3.63, 3.8) is 0 Å². The van der Waals surface area contributed by atoms with E-state index in [2.05, 4.69) is 201 Å². The van der Waals surface area contributed by atoms with E-state index < -0.39 is 5.41 Å². The van der Waals surface area contributed by atoms with Crippen molar-refractivity contribution in [1.29, 1.82) is 0 Å². The number of benzene rings is 9. The molecule has 0 unspecified atom stereocenters. The van der Waals surface area contributed by atoms with Gasteiger partial charge in [0, 0.05) is 49.1 Å². The van der Waals surface area contributed by atoms with Crippen molar-refractivity contribution >= 4 is 61.5 Å². The second-order valence-corrected chi connectivity index (χ2v) is 17.9. The van der Waals surface area contributed by atoms with Crippen molar-refractivity contribution in [3.8, 4) is 22.3 Å². The van der Waals surface area contributed by atoms with Crippen LogP contribution in [-0.4, -0.2) is 0 Å². The summed E-state index contributed by atoms with van der Waals surface area (Å²) in [6, 6.07) is 70.1. The number of hydrogen-bond acceptors (Lipinski definition) is 3. The Morgan fingerprint density at radius 2 is 0.983 bits per heavy atom. The first-order valence-electron chi connectivity index (χ1n) is 20.5. The summed E-state index contributed by atoms with van der Waals surface area (Å²) < 4.78 is 6.56. The lowest BCUT2D eigenvalue weighted by Gasteiger charge is -2.40. The fourth-order valence-corrected chi connectivity index (χ4v) is 12.1. The van der Waals surface area contributed by atoms with Gasteiger partial charge in [0.05, 0.1) is 5.41 Å². The molecule has 0 atom stereocenters. The van der Waals surface area contributed by atoms with Crippen LogP contribution in [0, 0.1) is 0 Å². The molecule has 9 aromatic carbocycles. The molecule has 1 aromatic heterocycles. The Hall–Kier alpha value is -6.81. The summed E-state index contributed by atoms with van der Waals surface area (Å²) in [5, 5.41) is 4.80. The molecular formula is C56H37NOS. The summed E-state index contributed by atoms with van der Waals surface area (Å²) in [7, 11) is 0. The van der Waals surface area contributed by atoms with Gasteiger partial charge in [0.1, 0.15) is 11.2 Å². The van der Waals surface area contributed by atoms with Gasteiger partial charge in [0.2, 0.25) is 0 Å². The van der Waals surface area contributed by atoms with Gasteiger partial charge in [-0.2, -0.15) is 0 Å². The lowest BCUT2D eigenvalue weighted by atomic mass is 9.67. The lowest BCUT2D eigenvalue weighted by molar-refractivity contribution is 0.660. The summed E-state index contributed by atoms with van der Waals surface area (Å²) in [4.78, 5) is 5.06. The maximum absolute atomic E-state index is 6.56. The van der Waals surface area contributed by atoms with E-state index in [-0.39, 0.29) is 5.41 Å². The molecule has 3 heteroatoms. The monoisotopic (exact) mass is 771 g/mol. The number of para-hydroxylation sites is 1. The molecule has 2 heterocycles. The minimum Gasteiger partial charge on any atom is -0.456 e. The van der Waals surface area contributed by atoms with Crippen LogP contribution in [0.1, 0.15) is 47.2 Å². The quantitative estimate of drug-likeness (QED) is 0.178. The van der Waals surface area contributed by atoms with Crippen molar-refractivity contribution in [2.75, 3.05) is 4.90 Å². The zero-order valence-electron chi connectivity index (χ0n) is 32.7. The van der Waals surface area contributed by atoms with Crippen LogP contribution in [-0.2, 0) is 10.8 Å². The topological polar surface area (TPSA) is 16.4 Å². The smallest absolute Gasteiger partial charge is 0.137 e. The number of rotatable bonds is 3. The van der Waals surface area contributed by atoms with E-state index in [0.29, 0.717) is 0 Å². The maximum Gasteiger partial charge on any atom is 0.137 e. The van der Waals surface area contributed by atoms with Gasteiger partial charge < -0.3 is 9.32 Å². The standard InChI is InChI=1S/C56H37NOS/c1-55(2)44-17-7-5-15-39(44)40-27-24-35(31-48(40)55)57(37-25-28-42-41-16-6-10-20-50(41)58-51(42)33-37)36-26-29-43-49(32-36)56(47-30-23-34-13-3-4-14-38(34)54(43)47)45-18-8-11-21-52(45)59-53-22-12-9-19-46(53)56/h3-33H,1-2H3. The second kappa shape index (κ2) is 11.9. The molecule has 0 amide bonds. The largest absolute Gasteiger partial charge is 0.456 e. The Labute approximate surface area is 347 Å². The molecule has 278 valence electrons. The third-order valence-corrected chi connectivity index (χ3v) is 14.7. The fraction of sp³-hybridized carbons (Fsp3) is 0.0714. The zero-order valence-corrected chi connectivity index (χ0v) is 33.5. The van der Waals surface area contributed by atoms with Gasteiger partial charge in [-0.15, -0.1) is 0 Å². The summed E-state index contributed by atoms with van der Waals surface area (Å²) in [6.07, 6.45) is 0. The van der Waals surface area contributed by atoms with Gasteiger partial charge in [-0.05, 0) is 121 Å². The van der Waals surface area contributed by atoms with Crippen LogP contribution < -0.4 is 4.90 Å². The summed E-state index contributed by atoms with van der Waals surface area (Å²) in [5.41, 5.74) is 17.7. The van der Waals surface area contributed by atoms with Crippen LogP contribution in [0.25, 0.3) is 55.0 Å². The number of fused-ring (bicyclic) bond motifs is 17.